The lowest BCUT2D eigenvalue weighted by atomic mass is 10.2. The summed E-state index contributed by atoms with van der Waals surface area (Å²) in [7, 11) is 0. The van der Waals surface area contributed by atoms with Crippen LogP contribution in [0.5, 0.6) is 11.5 Å². The molecule has 5 rings (SSSR count). The molecule has 0 unspecified atom stereocenters. The minimum Gasteiger partial charge on any atom is -0.454 e. The Kier molecular flexibility index (Phi) is 6.60. The number of nitriles is 1. The van der Waals surface area contributed by atoms with Crippen molar-refractivity contribution in [2.45, 2.75) is 18.6 Å². The molecule has 8 nitrogen and oxygen atoms in total. The van der Waals surface area contributed by atoms with Crippen molar-refractivity contribution >= 4 is 28.6 Å². The number of carbonyl (C=O) groups is 1. The molecule has 0 N–H and O–H groups in total. The molecule has 1 aliphatic rings. The number of thioether (sulfide) groups is 1. The molecule has 0 bridgehead atoms. The van der Waals surface area contributed by atoms with Gasteiger partial charge in [-0.15, -0.1) is 0 Å². The first kappa shape index (κ1) is 23.5. The fraction of sp³-hybridized carbons (Fsp3) is 0.185. The average molecular weight is 499 g/mol. The zero-order valence-corrected chi connectivity index (χ0v) is 20.3. The Morgan fingerprint density at radius 3 is 2.67 bits per heavy atom. The maximum Gasteiger partial charge on any atom is 0.266 e. The molecule has 9 heteroatoms. The van der Waals surface area contributed by atoms with Crippen molar-refractivity contribution in [2.75, 3.05) is 19.1 Å². The van der Waals surface area contributed by atoms with Gasteiger partial charge in [0.1, 0.15) is 0 Å². The fourth-order valence-electron chi connectivity index (χ4n) is 3.98. The number of nitrogens with zero attached hydrogens (tertiary/aromatic N) is 4. The van der Waals surface area contributed by atoms with Crippen molar-refractivity contribution < 1.29 is 14.3 Å². The van der Waals surface area contributed by atoms with Crippen LogP contribution in [0.4, 0.5) is 0 Å². The Morgan fingerprint density at radius 2 is 1.89 bits per heavy atom. The molecule has 4 aromatic rings. The van der Waals surface area contributed by atoms with Gasteiger partial charge in [0.05, 0.1) is 34.0 Å². The number of para-hydroxylation sites is 1. The zero-order valence-electron chi connectivity index (χ0n) is 19.5. The van der Waals surface area contributed by atoms with Gasteiger partial charge in [-0.25, -0.2) is 4.98 Å². The summed E-state index contributed by atoms with van der Waals surface area (Å²) in [5, 5.41) is 10.0. The second kappa shape index (κ2) is 10.1. The molecule has 0 saturated carbocycles. The average Bonchev–Trinajstić information content (AvgIpc) is 3.38. The second-order valence-corrected chi connectivity index (χ2v) is 9.04. The first-order valence-corrected chi connectivity index (χ1v) is 12.4. The highest BCUT2D eigenvalue weighted by molar-refractivity contribution is 7.99. The lowest BCUT2D eigenvalue weighted by molar-refractivity contribution is -0.128. The summed E-state index contributed by atoms with van der Waals surface area (Å²) in [6.45, 7) is 3.09. The molecule has 36 heavy (non-hydrogen) atoms. The third-order valence-electron chi connectivity index (χ3n) is 5.87. The van der Waals surface area contributed by atoms with E-state index < -0.39 is 0 Å². The smallest absolute Gasteiger partial charge is 0.266 e. The monoisotopic (exact) mass is 498 g/mol. The largest absolute Gasteiger partial charge is 0.454 e. The van der Waals surface area contributed by atoms with E-state index in [9.17, 15) is 9.59 Å². The molecule has 1 amide bonds. The van der Waals surface area contributed by atoms with Gasteiger partial charge < -0.3 is 14.4 Å². The molecule has 0 spiro atoms. The summed E-state index contributed by atoms with van der Waals surface area (Å²) in [6.07, 6.45) is 0. The molecule has 1 aliphatic heterocycles. The molecular weight excluding hydrogens is 476 g/mol. The van der Waals surface area contributed by atoms with Crippen molar-refractivity contribution in [3.05, 3.63) is 88.2 Å². The predicted octanol–water partition coefficient (Wildman–Crippen LogP) is 4.13. The number of carbonyl (C=O) groups excluding carboxylic acids is 1. The first-order chi connectivity index (χ1) is 17.6. The summed E-state index contributed by atoms with van der Waals surface area (Å²) >= 11 is 1.21. The van der Waals surface area contributed by atoms with Crippen molar-refractivity contribution in [1.82, 2.24) is 14.5 Å². The topological polar surface area (TPSA) is 97.4 Å². The Bertz CT molecular complexity index is 1540. The molecule has 0 fully saturated rings. The van der Waals surface area contributed by atoms with E-state index >= 15 is 0 Å². The van der Waals surface area contributed by atoms with Crippen molar-refractivity contribution in [3.8, 4) is 23.3 Å². The van der Waals surface area contributed by atoms with E-state index in [1.165, 1.54) is 16.3 Å². The Morgan fingerprint density at radius 1 is 1.11 bits per heavy atom. The van der Waals surface area contributed by atoms with Crippen molar-refractivity contribution in [3.63, 3.8) is 0 Å². The normalized spacial score (nSPS) is 11.9. The molecular formula is C27H22N4O4S. The number of fused-ring (bicyclic) bond motifs is 2. The van der Waals surface area contributed by atoms with Gasteiger partial charge in [-0.1, -0.05) is 30.0 Å². The first-order valence-electron chi connectivity index (χ1n) is 11.4. The van der Waals surface area contributed by atoms with Gasteiger partial charge in [0.15, 0.2) is 16.7 Å². The number of amides is 1. The van der Waals surface area contributed by atoms with Gasteiger partial charge in [0.2, 0.25) is 12.7 Å². The van der Waals surface area contributed by atoms with Crippen molar-refractivity contribution in [2.24, 2.45) is 0 Å². The predicted molar refractivity (Wildman–Crippen MR) is 136 cm³/mol. The van der Waals surface area contributed by atoms with Crippen LogP contribution >= 0.6 is 11.8 Å². The maximum atomic E-state index is 13.4. The molecule has 0 saturated heterocycles. The molecule has 0 atom stereocenters. The SMILES string of the molecule is CCN(Cc1ccc2c(c1)OCO2)C(=O)CSc1nc2ccccc2c(=O)n1-c1ccc(C#N)cc1. The minimum absolute atomic E-state index is 0.0750. The van der Waals surface area contributed by atoms with E-state index in [1.807, 2.05) is 31.2 Å². The quantitative estimate of drug-likeness (QED) is 0.279. The fourth-order valence-corrected chi connectivity index (χ4v) is 4.89. The lowest BCUT2D eigenvalue weighted by Crippen LogP contribution is -2.32. The zero-order chi connectivity index (χ0) is 25.1. The highest BCUT2D eigenvalue weighted by Gasteiger charge is 2.19. The third-order valence-corrected chi connectivity index (χ3v) is 6.79. The van der Waals surface area contributed by atoms with E-state index in [2.05, 4.69) is 6.07 Å². The van der Waals surface area contributed by atoms with Gasteiger partial charge in [0, 0.05) is 13.1 Å². The number of hydrogen-bond acceptors (Lipinski definition) is 7. The summed E-state index contributed by atoms with van der Waals surface area (Å²) in [6, 6.07) is 21.6. The van der Waals surface area contributed by atoms with Crippen molar-refractivity contribution in [1.29, 1.82) is 5.26 Å². The number of hydrogen-bond donors (Lipinski definition) is 0. The molecule has 1 aromatic heterocycles. The number of aromatic nitrogens is 2. The third kappa shape index (κ3) is 4.63. The summed E-state index contributed by atoms with van der Waals surface area (Å²) < 4.78 is 12.3. The molecule has 0 aliphatic carbocycles. The second-order valence-electron chi connectivity index (χ2n) is 8.09. The van der Waals surface area contributed by atoms with Crippen LogP contribution in [0.2, 0.25) is 0 Å². The summed E-state index contributed by atoms with van der Waals surface area (Å²) in [5.74, 6) is 1.41. The van der Waals surface area contributed by atoms with E-state index in [1.54, 1.807) is 47.4 Å². The highest BCUT2D eigenvalue weighted by atomic mass is 32.2. The summed E-state index contributed by atoms with van der Waals surface area (Å²) in [5.41, 5.74) is 2.35. The number of benzene rings is 3. The molecule has 180 valence electrons. The van der Waals surface area contributed by atoms with Gasteiger partial charge in [-0.3, -0.25) is 14.2 Å². The van der Waals surface area contributed by atoms with E-state index in [0.29, 0.717) is 51.9 Å². The Labute approximate surface area is 211 Å². The van der Waals surface area contributed by atoms with Crippen LogP contribution in [-0.4, -0.2) is 39.4 Å². The van der Waals surface area contributed by atoms with Crippen LogP contribution in [0.3, 0.4) is 0 Å². The molecule has 2 heterocycles. The molecule has 0 radical (unpaired) electrons. The Balaban J connectivity index is 1.41. The highest BCUT2D eigenvalue weighted by Crippen LogP contribution is 2.33. The van der Waals surface area contributed by atoms with E-state index in [0.717, 1.165) is 5.56 Å². The lowest BCUT2D eigenvalue weighted by Gasteiger charge is -2.21. The van der Waals surface area contributed by atoms with Gasteiger partial charge in [-0.05, 0) is 61.0 Å². The van der Waals surface area contributed by atoms with Crippen LogP contribution < -0.4 is 15.0 Å². The van der Waals surface area contributed by atoms with Crippen LogP contribution in [-0.2, 0) is 11.3 Å². The van der Waals surface area contributed by atoms with E-state index in [-0.39, 0.29) is 24.0 Å². The standard InChI is InChI=1S/C27H22N4O4S/c1-2-30(15-19-9-12-23-24(13-19)35-17-34-23)25(32)16-36-27-29-22-6-4-3-5-21(22)26(33)31(27)20-10-7-18(14-28)8-11-20/h3-13H,2,15-17H2,1H3. The van der Waals surface area contributed by atoms with E-state index in [4.69, 9.17) is 19.7 Å². The maximum absolute atomic E-state index is 13.4. The molecule has 3 aromatic carbocycles. The number of rotatable bonds is 7. The van der Waals surface area contributed by atoms with Gasteiger partial charge in [-0.2, -0.15) is 5.26 Å². The van der Waals surface area contributed by atoms with Crippen LogP contribution in [0.25, 0.3) is 16.6 Å². The number of ether oxygens (including phenoxy) is 2. The van der Waals surface area contributed by atoms with Crippen LogP contribution in [0.1, 0.15) is 18.1 Å². The van der Waals surface area contributed by atoms with Gasteiger partial charge >= 0.3 is 0 Å². The van der Waals surface area contributed by atoms with Crippen LogP contribution in [0.15, 0.2) is 76.7 Å². The van der Waals surface area contributed by atoms with Gasteiger partial charge in [0.25, 0.3) is 5.56 Å². The minimum atomic E-state index is -0.229. The summed E-state index contributed by atoms with van der Waals surface area (Å²) in [4.78, 5) is 33.0. The Hall–Kier alpha value is -4.29. The van der Waals surface area contributed by atoms with Crippen LogP contribution in [0, 0.1) is 11.3 Å².